The predicted molar refractivity (Wildman–Crippen MR) is 84.1 cm³/mol. The summed E-state index contributed by atoms with van der Waals surface area (Å²) in [6.07, 6.45) is 4.18. The van der Waals surface area contributed by atoms with Crippen molar-refractivity contribution in [1.29, 1.82) is 0 Å². The first kappa shape index (κ1) is 16.1. The van der Waals surface area contributed by atoms with Gasteiger partial charge in [0.05, 0.1) is 11.9 Å². The summed E-state index contributed by atoms with van der Waals surface area (Å²) < 4.78 is 25.0. The number of rotatable bonds is 4. The molecule has 0 radical (unpaired) electrons. The number of carbonyl (C=O) groups is 1. The van der Waals surface area contributed by atoms with E-state index in [0.29, 0.717) is 23.8 Å². The van der Waals surface area contributed by atoms with Gasteiger partial charge in [0.15, 0.2) is 0 Å². The van der Waals surface area contributed by atoms with Crippen LogP contribution in [0, 0.1) is 0 Å². The second kappa shape index (κ2) is 6.66. The van der Waals surface area contributed by atoms with Crippen LogP contribution in [-0.4, -0.2) is 45.1 Å². The molecule has 7 heteroatoms. The van der Waals surface area contributed by atoms with Crippen LogP contribution < -0.4 is 4.31 Å². The summed E-state index contributed by atoms with van der Waals surface area (Å²) in [7, 11) is -3.52. The topological polar surface area (TPSA) is 57.7 Å². The van der Waals surface area contributed by atoms with Crippen LogP contribution in [0.4, 0.5) is 5.69 Å². The van der Waals surface area contributed by atoms with Crippen molar-refractivity contribution >= 4 is 33.2 Å². The normalized spacial score (nSPS) is 15.8. The summed E-state index contributed by atoms with van der Waals surface area (Å²) in [6.45, 7) is 1.24. The van der Waals surface area contributed by atoms with E-state index in [1.165, 1.54) is 0 Å². The van der Waals surface area contributed by atoms with E-state index >= 15 is 0 Å². The summed E-state index contributed by atoms with van der Waals surface area (Å²) in [5.74, 6) is -0.157. The number of hydrogen-bond donors (Lipinski definition) is 0. The van der Waals surface area contributed by atoms with E-state index < -0.39 is 10.0 Å². The van der Waals surface area contributed by atoms with Crippen LogP contribution >= 0.6 is 11.6 Å². The fourth-order valence-electron chi connectivity index (χ4n) is 2.37. The zero-order valence-corrected chi connectivity index (χ0v) is 13.5. The standard InChI is InChI=1S/C14H19ClN2O3S/c1-21(19,20)17(13-7-5-12(15)6-8-13)11-14(18)16-9-3-2-4-10-16/h5-8H,2-4,9-11H2,1H3. The molecule has 0 aromatic heterocycles. The highest BCUT2D eigenvalue weighted by Crippen LogP contribution is 2.21. The zero-order chi connectivity index (χ0) is 15.5. The molecular weight excluding hydrogens is 312 g/mol. The SMILES string of the molecule is CS(=O)(=O)N(CC(=O)N1CCCCC1)c1ccc(Cl)cc1. The van der Waals surface area contributed by atoms with Crippen molar-refractivity contribution < 1.29 is 13.2 Å². The number of sulfonamides is 1. The van der Waals surface area contributed by atoms with E-state index in [1.54, 1.807) is 29.2 Å². The summed E-state index contributed by atoms with van der Waals surface area (Å²) in [4.78, 5) is 14.0. The van der Waals surface area contributed by atoms with E-state index in [1.807, 2.05) is 0 Å². The number of piperidine rings is 1. The zero-order valence-electron chi connectivity index (χ0n) is 12.0. The maximum atomic E-state index is 12.3. The third-order valence-electron chi connectivity index (χ3n) is 3.50. The largest absolute Gasteiger partial charge is 0.341 e. The van der Waals surface area contributed by atoms with Gasteiger partial charge in [0.1, 0.15) is 6.54 Å². The Labute approximate surface area is 130 Å². The van der Waals surface area contributed by atoms with Gasteiger partial charge in [0, 0.05) is 18.1 Å². The summed E-state index contributed by atoms with van der Waals surface area (Å²) in [6, 6.07) is 6.43. The smallest absolute Gasteiger partial charge is 0.243 e. The van der Waals surface area contributed by atoms with Crippen molar-refractivity contribution in [2.75, 3.05) is 30.2 Å². The van der Waals surface area contributed by atoms with Gasteiger partial charge in [0.2, 0.25) is 15.9 Å². The number of amides is 1. The number of nitrogens with zero attached hydrogens (tertiary/aromatic N) is 2. The third kappa shape index (κ3) is 4.35. The van der Waals surface area contributed by atoms with Crippen LogP contribution in [0.3, 0.4) is 0 Å². The van der Waals surface area contributed by atoms with Gasteiger partial charge in [-0.1, -0.05) is 11.6 Å². The van der Waals surface area contributed by atoms with Gasteiger partial charge in [0.25, 0.3) is 0 Å². The lowest BCUT2D eigenvalue weighted by molar-refractivity contribution is -0.130. The lowest BCUT2D eigenvalue weighted by Gasteiger charge is -2.30. The molecule has 0 atom stereocenters. The van der Waals surface area contributed by atoms with Crippen molar-refractivity contribution in [3.05, 3.63) is 29.3 Å². The Hall–Kier alpha value is -1.27. The van der Waals surface area contributed by atoms with Gasteiger partial charge in [-0.05, 0) is 43.5 Å². The van der Waals surface area contributed by atoms with Gasteiger partial charge in [-0.2, -0.15) is 0 Å². The first-order valence-electron chi connectivity index (χ1n) is 6.89. The molecule has 0 unspecified atom stereocenters. The Morgan fingerprint density at radius 2 is 1.76 bits per heavy atom. The molecule has 1 heterocycles. The average Bonchev–Trinajstić information content (AvgIpc) is 2.45. The second-order valence-corrected chi connectivity index (χ2v) is 7.53. The van der Waals surface area contributed by atoms with Gasteiger partial charge < -0.3 is 4.90 Å². The van der Waals surface area contributed by atoms with Gasteiger partial charge in [-0.15, -0.1) is 0 Å². The molecule has 1 aliphatic rings. The van der Waals surface area contributed by atoms with Crippen molar-refractivity contribution in [2.45, 2.75) is 19.3 Å². The second-order valence-electron chi connectivity index (χ2n) is 5.19. The minimum atomic E-state index is -3.52. The lowest BCUT2D eigenvalue weighted by atomic mass is 10.1. The minimum absolute atomic E-state index is 0.157. The summed E-state index contributed by atoms with van der Waals surface area (Å²) in [5.41, 5.74) is 0.451. The molecule has 116 valence electrons. The third-order valence-corrected chi connectivity index (χ3v) is 4.90. The maximum Gasteiger partial charge on any atom is 0.243 e. The number of likely N-dealkylation sites (tertiary alicyclic amines) is 1. The van der Waals surface area contributed by atoms with Crippen LogP contribution in [0.5, 0.6) is 0 Å². The molecule has 1 aromatic rings. The molecule has 1 aromatic carbocycles. The van der Waals surface area contributed by atoms with Crippen LogP contribution in [0.1, 0.15) is 19.3 Å². The Bertz CT molecular complexity index is 595. The average molecular weight is 331 g/mol. The Morgan fingerprint density at radius 1 is 1.19 bits per heavy atom. The highest BCUT2D eigenvalue weighted by molar-refractivity contribution is 7.92. The molecule has 0 saturated carbocycles. The molecule has 0 spiro atoms. The Balaban J connectivity index is 2.17. The molecule has 0 N–H and O–H groups in total. The van der Waals surface area contributed by atoms with Crippen LogP contribution in [0.15, 0.2) is 24.3 Å². The predicted octanol–water partition coefficient (Wildman–Crippen LogP) is 2.12. The number of carbonyl (C=O) groups excluding carboxylic acids is 1. The van der Waals surface area contributed by atoms with E-state index in [4.69, 9.17) is 11.6 Å². The van der Waals surface area contributed by atoms with E-state index in [-0.39, 0.29) is 12.5 Å². The molecule has 21 heavy (non-hydrogen) atoms. The van der Waals surface area contributed by atoms with Gasteiger partial charge in [-0.3, -0.25) is 9.10 Å². The number of benzene rings is 1. The number of hydrogen-bond acceptors (Lipinski definition) is 3. The van der Waals surface area contributed by atoms with Gasteiger partial charge >= 0.3 is 0 Å². The summed E-state index contributed by atoms with van der Waals surface area (Å²) >= 11 is 5.81. The van der Waals surface area contributed by atoms with Crippen LogP contribution in [0.2, 0.25) is 5.02 Å². The Kier molecular flexibility index (Phi) is 5.11. The fourth-order valence-corrected chi connectivity index (χ4v) is 3.35. The van der Waals surface area contributed by atoms with E-state index in [9.17, 15) is 13.2 Å². The molecule has 0 aliphatic carbocycles. The monoisotopic (exact) mass is 330 g/mol. The number of anilines is 1. The lowest BCUT2D eigenvalue weighted by Crippen LogP contribution is -2.44. The van der Waals surface area contributed by atoms with Crippen molar-refractivity contribution in [3.8, 4) is 0 Å². The molecule has 1 amide bonds. The van der Waals surface area contributed by atoms with Crippen molar-refractivity contribution in [3.63, 3.8) is 0 Å². The highest BCUT2D eigenvalue weighted by Gasteiger charge is 2.24. The van der Waals surface area contributed by atoms with E-state index in [2.05, 4.69) is 0 Å². The molecule has 1 saturated heterocycles. The van der Waals surface area contributed by atoms with Gasteiger partial charge in [-0.25, -0.2) is 8.42 Å². The number of halogens is 1. The first-order valence-corrected chi connectivity index (χ1v) is 9.11. The molecule has 5 nitrogen and oxygen atoms in total. The summed E-state index contributed by atoms with van der Waals surface area (Å²) in [5, 5.41) is 0.523. The first-order chi connectivity index (χ1) is 9.88. The minimum Gasteiger partial charge on any atom is -0.341 e. The van der Waals surface area contributed by atoms with Crippen molar-refractivity contribution in [2.24, 2.45) is 0 Å². The van der Waals surface area contributed by atoms with Crippen LogP contribution in [0.25, 0.3) is 0 Å². The molecule has 1 fully saturated rings. The fraction of sp³-hybridized carbons (Fsp3) is 0.500. The quantitative estimate of drug-likeness (QED) is 0.849. The molecular formula is C14H19ClN2O3S. The maximum absolute atomic E-state index is 12.3. The molecule has 1 aliphatic heterocycles. The Morgan fingerprint density at radius 3 is 2.29 bits per heavy atom. The highest BCUT2D eigenvalue weighted by atomic mass is 35.5. The van der Waals surface area contributed by atoms with E-state index in [0.717, 1.165) is 29.8 Å². The van der Waals surface area contributed by atoms with Crippen LogP contribution in [-0.2, 0) is 14.8 Å². The van der Waals surface area contributed by atoms with Crippen molar-refractivity contribution in [1.82, 2.24) is 4.90 Å². The molecule has 0 bridgehead atoms. The molecule has 2 rings (SSSR count).